The van der Waals surface area contributed by atoms with Gasteiger partial charge < -0.3 is 9.47 Å². The van der Waals surface area contributed by atoms with Crippen molar-refractivity contribution in [2.45, 2.75) is 13.2 Å². The molecule has 0 aliphatic carbocycles. The lowest BCUT2D eigenvalue weighted by atomic mass is 10.2. The molecule has 0 saturated carbocycles. The summed E-state index contributed by atoms with van der Waals surface area (Å²) in [5, 5.41) is 1.02. The fourth-order valence-electron chi connectivity index (χ4n) is 2.30. The molecule has 0 radical (unpaired) electrons. The van der Waals surface area contributed by atoms with Crippen LogP contribution in [0.1, 0.15) is 11.3 Å². The molecule has 1 aromatic heterocycles. The predicted octanol–water partition coefficient (Wildman–Crippen LogP) is 4.59. The average Bonchev–Trinajstić information content (AvgIpc) is 2.65. The van der Waals surface area contributed by atoms with E-state index in [-0.39, 0.29) is 12.4 Å². The minimum absolute atomic E-state index is 0.0310. The highest BCUT2D eigenvalue weighted by molar-refractivity contribution is 5.87. The van der Waals surface area contributed by atoms with Gasteiger partial charge in [0.25, 0.3) is 0 Å². The number of nitrogens with zero attached hydrogens (tertiary/aromatic N) is 1. The molecule has 0 spiro atoms. The van der Waals surface area contributed by atoms with Crippen LogP contribution in [0.3, 0.4) is 0 Å². The van der Waals surface area contributed by atoms with E-state index in [0.717, 1.165) is 10.9 Å². The zero-order chi connectivity index (χ0) is 18.4. The van der Waals surface area contributed by atoms with Crippen molar-refractivity contribution in [1.82, 2.24) is 4.98 Å². The maximum absolute atomic E-state index is 12.1. The molecule has 0 aliphatic rings. The number of fused-ring (bicyclic) bond motifs is 1. The zero-order valence-electron chi connectivity index (χ0n) is 13.6. The summed E-state index contributed by atoms with van der Waals surface area (Å²) in [6, 6.07) is 17.3. The smallest absolute Gasteiger partial charge is 0.387 e. The third kappa shape index (κ3) is 4.86. The lowest BCUT2D eigenvalue weighted by molar-refractivity contribution is -0.138. The first kappa shape index (κ1) is 17.5. The Morgan fingerprint density at radius 2 is 1.81 bits per heavy atom. The summed E-state index contributed by atoms with van der Waals surface area (Å²) in [5.41, 5.74) is 2.15. The van der Waals surface area contributed by atoms with Crippen molar-refractivity contribution in [3.05, 3.63) is 78.0 Å². The number of ether oxygens (including phenoxy) is 2. The van der Waals surface area contributed by atoms with Gasteiger partial charge in [-0.15, -0.1) is 0 Å². The number of benzene rings is 2. The highest BCUT2D eigenvalue weighted by Crippen LogP contribution is 2.16. The van der Waals surface area contributed by atoms with Gasteiger partial charge in [-0.1, -0.05) is 36.4 Å². The Morgan fingerprint density at radius 3 is 2.58 bits per heavy atom. The second kappa shape index (κ2) is 8.20. The van der Waals surface area contributed by atoms with Crippen LogP contribution in [-0.2, 0) is 16.1 Å². The molecule has 26 heavy (non-hydrogen) atoms. The van der Waals surface area contributed by atoms with Crippen molar-refractivity contribution in [3.63, 3.8) is 0 Å². The van der Waals surface area contributed by atoms with Crippen LogP contribution >= 0.6 is 0 Å². The molecule has 0 bridgehead atoms. The van der Waals surface area contributed by atoms with Crippen molar-refractivity contribution < 1.29 is 23.0 Å². The molecule has 0 amide bonds. The van der Waals surface area contributed by atoms with Gasteiger partial charge in [0.2, 0.25) is 0 Å². The van der Waals surface area contributed by atoms with Crippen LogP contribution in [0.25, 0.3) is 17.0 Å². The van der Waals surface area contributed by atoms with E-state index in [1.54, 1.807) is 18.2 Å². The third-order valence-electron chi connectivity index (χ3n) is 3.54. The minimum atomic E-state index is -2.87. The van der Waals surface area contributed by atoms with Gasteiger partial charge in [-0.2, -0.15) is 8.78 Å². The number of hydrogen-bond donors (Lipinski definition) is 0. The van der Waals surface area contributed by atoms with E-state index in [4.69, 9.17) is 4.74 Å². The Hall–Kier alpha value is -3.28. The van der Waals surface area contributed by atoms with E-state index in [0.29, 0.717) is 11.3 Å². The van der Waals surface area contributed by atoms with Crippen LogP contribution in [-0.4, -0.2) is 17.6 Å². The molecule has 0 aliphatic heterocycles. The average molecular weight is 355 g/mol. The summed E-state index contributed by atoms with van der Waals surface area (Å²) in [7, 11) is 0. The molecule has 3 rings (SSSR count). The van der Waals surface area contributed by atoms with E-state index in [1.807, 2.05) is 36.4 Å². The normalized spacial score (nSPS) is 11.2. The number of esters is 1. The van der Waals surface area contributed by atoms with Crippen LogP contribution in [0.15, 0.2) is 66.7 Å². The lowest BCUT2D eigenvalue weighted by Crippen LogP contribution is -2.03. The number of hydrogen-bond acceptors (Lipinski definition) is 4. The fourth-order valence-corrected chi connectivity index (χ4v) is 2.30. The second-order valence-electron chi connectivity index (χ2n) is 5.39. The molecule has 4 nitrogen and oxygen atoms in total. The lowest BCUT2D eigenvalue weighted by Gasteiger charge is -2.06. The number of para-hydroxylation sites is 1. The van der Waals surface area contributed by atoms with E-state index < -0.39 is 12.6 Å². The summed E-state index contributed by atoms with van der Waals surface area (Å²) in [5.74, 6) is -0.467. The van der Waals surface area contributed by atoms with Gasteiger partial charge in [-0.3, -0.25) is 0 Å². The summed E-state index contributed by atoms with van der Waals surface area (Å²) in [4.78, 5) is 16.2. The summed E-state index contributed by atoms with van der Waals surface area (Å²) in [6.07, 6.45) is 2.87. The number of aromatic nitrogens is 1. The van der Waals surface area contributed by atoms with E-state index in [1.165, 1.54) is 18.2 Å². The van der Waals surface area contributed by atoms with E-state index in [2.05, 4.69) is 9.72 Å². The molecule has 3 aromatic rings. The molecule has 0 atom stereocenters. The zero-order valence-corrected chi connectivity index (χ0v) is 13.6. The Balaban J connectivity index is 1.55. The monoisotopic (exact) mass is 355 g/mol. The molecule has 1 heterocycles. The number of alkyl halides is 2. The van der Waals surface area contributed by atoms with Crippen molar-refractivity contribution >= 4 is 22.9 Å². The molecule has 0 fully saturated rings. The van der Waals surface area contributed by atoms with Gasteiger partial charge in [0, 0.05) is 11.5 Å². The van der Waals surface area contributed by atoms with Crippen LogP contribution in [0, 0.1) is 0 Å². The van der Waals surface area contributed by atoms with Gasteiger partial charge in [-0.05, 0) is 35.9 Å². The maximum Gasteiger partial charge on any atom is 0.387 e. The van der Waals surface area contributed by atoms with Crippen molar-refractivity contribution in [2.24, 2.45) is 0 Å². The second-order valence-corrected chi connectivity index (χ2v) is 5.39. The van der Waals surface area contributed by atoms with E-state index in [9.17, 15) is 13.6 Å². The Labute approximate surface area is 148 Å². The number of pyridine rings is 1. The quantitative estimate of drug-likeness (QED) is 0.479. The van der Waals surface area contributed by atoms with Crippen molar-refractivity contribution in [1.29, 1.82) is 0 Å². The molecular weight excluding hydrogens is 340 g/mol. The largest absolute Gasteiger partial charge is 0.458 e. The summed E-state index contributed by atoms with van der Waals surface area (Å²) < 4.78 is 33.5. The number of carbonyl (C=O) groups is 1. The molecule has 6 heteroatoms. The molecule has 0 N–H and O–H groups in total. The number of rotatable bonds is 6. The Bertz CT molecular complexity index is 924. The molecule has 2 aromatic carbocycles. The predicted molar refractivity (Wildman–Crippen MR) is 93.6 cm³/mol. The fraction of sp³-hybridized carbons (Fsp3) is 0.100. The van der Waals surface area contributed by atoms with Gasteiger partial charge in [0.15, 0.2) is 0 Å². The molecule has 132 valence electrons. The molecular formula is C20H15F2NO3. The third-order valence-corrected chi connectivity index (χ3v) is 3.54. The van der Waals surface area contributed by atoms with Gasteiger partial charge in [0.1, 0.15) is 12.4 Å². The van der Waals surface area contributed by atoms with Crippen LogP contribution in [0.4, 0.5) is 8.78 Å². The first-order chi connectivity index (χ1) is 12.6. The topological polar surface area (TPSA) is 48.4 Å². The van der Waals surface area contributed by atoms with Crippen molar-refractivity contribution in [3.8, 4) is 5.75 Å². The Morgan fingerprint density at radius 1 is 1.04 bits per heavy atom. The SMILES string of the molecule is O=C(/C=C/c1ccc2ccccc2n1)OCc1ccc(OC(F)F)cc1. The van der Waals surface area contributed by atoms with Crippen LogP contribution < -0.4 is 4.74 Å². The first-order valence-corrected chi connectivity index (χ1v) is 7.84. The molecule has 0 unspecified atom stereocenters. The van der Waals surface area contributed by atoms with Gasteiger partial charge in [-0.25, -0.2) is 9.78 Å². The summed E-state index contributed by atoms with van der Waals surface area (Å²) in [6.45, 7) is -2.84. The first-order valence-electron chi connectivity index (χ1n) is 7.84. The van der Waals surface area contributed by atoms with Gasteiger partial charge in [0.05, 0.1) is 11.2 Å². The van der Waals surface area contributed by atoms with Crippen LogP contribution in [0.2, 0.25) is 0 Å². The van der Waals surface area contributed by atoms with Crippen LogP contribution in [0.5, 0.6) is 5.75 Å². The summed E-state index contributed by atoms with van der Waals surface area (Å²) >= 11 is 0. The van der Waals surface area contributed by atoms with Crippen molar-refractivity contribution in [2.75, 3.05) is 0 Å². The highest BCUT2D eigenvalue weighted by atomic mass is 19.3. The standard InChI is InChI=1S/C20H15F2NO3/c21-20(22)26-17-10-5-14(6-11-17)13-25-19(24)12-9-16-8-7-15-3-1-2-4-18(15)23-16/h1-12,20H,13H2/b12-9+. The highest BCUT2D eigenvalue weighted by Gasteiger charge is 2.04. The van der Waals surface area contributed by atoms with E-state index >= 15 is 0 Å². The minimum Gasteiger partial charge on any atom is -0.458 e. The maximum atomic E-state index is 12.1. The number of halogens is 2. The van der Waals surface area contributed by atoms with Gasteiger partial charge >= 0.3 is 12.6 Å². The Kier molecular flexibility index (Phi) is 5.53. The molecule has 0 saturated heterocycles. The number of carbonyl (C=O) groups excluding carboxylic acids is 1.